The number of carbonyl (C=O) groups excluding carboxylic acids is 3. The first-order valence-electron chi connectivity index (χ1n) is 12.0. The zero-order chi connectivity index (χ0) is 24.4. The number of benzene rings is 1. The Balaban J connectivity index is 0.00000408. The summed E-state index contributed by atoms with van der Waals surface area (Å²) in [6, 6.07) is 7.67. The number of benzodiazepines with no additional fused rings is 1. The quantitative estimate of drug-likeness (QED) is 0.644. The van der Waals surface area contributed by atoms with E-state index >= 15 is 0 Å². The van der Waals surface area contributed by atoms with Crippen LogP contribution in [-0.2, 0) is 14.4 Å². The van der Waals surface area contributed by atoms with Crippen LogP contribution in [0.4, 0.5) is 5.69 Å². The van der Waals surface area contributed by atoms with Gasteiger partial charge in [-0.2, -0.15) is 0 Å². The summed E-state index contributed by atoms with van der Waals surface area (Å²) >= 11 is 0. The molecule has 1 aromatic carbocycles. The van der Waals surface area contributed by atoms with Gasteiger partial charge in [0.25, 0.3) is 5.91 Å². The van der Waals surface area contributed by atoms with Gasteiger partial charge >= 0.3 is 0 Å². The molecule has 0 saturated heterocycles. The fourth-order valence-electron chi connectivity index (χ4n) is 4.61. The molecule has 0 bridgehead atoms. The number of nitrogens with one attached hydrogen (secondary N) is 2. The van der Waals surface area contributed by atoms with Crippen molar-refractivity contribution in [3.8, 4) is 0 Å². The van der Waals surface area contributed by atoms with Crippen molar-refractivity contribution in [1.29, 1.82) is 0 Å². The monoisotopic (exact) mass is 470 g/mol. The third-order valence-corrected chi connectivity index (χ3v) is 6.54. The van der Waals surface area contributed by atoms with Crippen molar-refractivity contribution in [2.45, 2.75) is 92.3 Å². The summed E-state index contributed by atoms with van der Waals surface area (Å²) in [5, 5.41) is 5.91. The highest BCUT2D eigenvalue weighted by molar-refractivity contribution is 6.15. The highest BCUT2D eigenvalue weighted by Crippen LogP contribution is 2.33. The van der Waals surface area contributed by atoms with Crippen molar-refractivity contribution < 1.29 is 14.4 Å². The second kappa shape index (κ2) is 10.7. The zero-order valence-corrected chi connectivity index (χ0v) is 20.8. The Hall–Kier alpha value is -2.70. The van der Waals surface area contributed by atoms with E-state index in [9.17, 15) is 14.4 Å². The Kier molecular flexibility index (Phi) is 8.67. The Morgan fingerprint density at radius 3 is 2.38 bits per heavy atom. The highest BCUT2D eigenvalue weighted by Gasteiger charge is 2.44. The van der Waals surface area contributed by atoms with E-state index in [2.05, 4.69) is 24.5 Å². The number of amides is 3. The van der Waals surface area contributed by atoms with E-state index in [4.69, 9.17) is 4.99 Å². The lowest BCUT2D eigenvalue weighted by Crippen LogP contribution is -2.60. The van der Waals surface area contributed by atoms with Crippen molar-refractivity contribution in [3.05, 3.63) is 29.8 Å². The fraction of sp³-hybridized carbons (Fsp3) is 0.630. The summed E-state index contributed by atoms with van der Waals surface area (Å²) in [6.07, 6.45) is 2.97. The van der Waals surface area contributed by atoms with Crippen LogP contribution in [0.15, 0.2) is 29.3 Å². The average Bonchev–Trinajstić information content (AvgIpc) is 3.19. The van der Waals surface area contributed by atoms with E-state index in [-0.39, 0.29) is 30.6 Å². The molecule has 1 aliphatic carbocycles. The predicted octanol–water partition coefficient (Wildman–Crippen LogP) is 4.44. The SMILES string of the molecule is C.CC(C)CCC(=O)NC1(C(=O)NC2N=C(C(C)(C)C)c3ccccc3N(C)C2=O)CCCC1. The van der Waals surface area contributed by atoms with Gasteiger partial charge in [-0.1, -0.05) is 73.1 Å². The molecule has 0 aromatic heterocycles. The molecule has 1 unspecified atom stereocenters. The van der Waals surface area contributed by atoms with Crippen LogP contribution >= 0.6 is 0 Å². The minimum atomic E-state index is -1.05. The molecule has 34 heavy (non-hydrogen) atoms. The molecule has 1 aliphatic heterocycles. The number of likely N-dealkylation sites (N-methyl/N-ethyl adjacent to an activating group) is 1. The third-order valence-electron chi connectivity index (χ3n) is 6.54. The number of hydrogen-bond acceptors (Lipinski definition) is 4. The van der Waals surface area contributed by atoms with Gasteiger partial charge in [0, 0.05) is 24.4 Å². The first kappa shape index (κ1) is 27.5. The Morgan fingerprint density at radius 2 is 1.79 bits per heavy atom. The topological polar surface area (TPSA) is 90.9 Å². The lowest BCUT2D eigenvalue weighted by molar-refractivity contribution is -0.135. The number of aliphatic imine (C=N–C) groups is 1. The van der Waals surface area contributed by atoms with E-state index in [1.165, 1.54) is 0 Å². The summed E-state index contributed by atoms with van der Waals surface area (Å²) in [4.78, 5) is 45.8. The molecular formula is C27H42N4O3. The molecule has 7 heteroatoms. The van der Waals surface area contributed by atoms with Crippen LogP contribution in [0, 0.1) is 11.3 Å². The number of rotatable bonds is 6. The first-order valence-corrected chi connectivity index (χ1v) is 12.0. The van der Waals surface area contributed by atoms with Gasteiger partial charge in [0.15, 0.2) is 0 Å². The second-order valence-electron chi connectivity index (χ2n) is 10.8. The largest absolute Gasteiger partial charge is 0.342 e. The van der Waals surface area contributed by atoms with Gasteiger partial charge in [0.2, 0.25) is 18.0 Å². The van der Waals surface area contributed by atoms with Gasteiger partial charge in [-0.15, -0.1) is 0 Å². The van der Waals surface area contributed by atoms with Crippen LogP contribution in [0.2, 0.25) is 0 Å². The first-order chi connectivity index (χ1) is 15.4. The van der Waals surface area contributed by atoms with Crippen molar-refractivity contribution in [2.75, 3.05) is 11.9 Å². The van der Waals surface area contributed by atoms with Crippen molar-refractivity contribution in [2.24, 2.45) is 16.3 Å². The van der Waals surface area contributed by atoms with Crippen LogP contribution in [0.5, 0.6) is 0 Å². The molecule has 2 aliphatic rings. The minimum Gasteiger partial charge on any atom is -0.342 e. The van der Waals surface area contributed by atoms with Crippen LogP contribution in [0.1, 0.15) is 86.1 Å². The number of anilines is 1. The Labute approximate surface area is 204 Å². The summed E-state index contributed by atoms with van der Waals surface area (Å²) in [6.45, 7) is 10.3. The fourth-order valence-corrected chi connectivity index (χ4v) is 4.61. The van der Waals surface area contributed by atoms with Gasteiger partial charge in [0.1, 0.15) is 5.54 Å². The molecule has 1 aromatic rings. The Morgan fingerprint density at radius 1 is 1.18 bits per heavy atom. The van der Waals surface area contributed by atoms with Crippen molar-refractivity contribution >= 4 is 29.1 Å². The molecule has 1 atom stereocenters. The molecule has 0 radical (unpaired) electrons. The number of hydrogen-bond donors (Lipinski definition) is 2. The molecule has 1 heterocycles. The number of fused-ring (bicyclic) bond motifs is 1. The maximum atomic E-state index is 13.5. The Bertz CT molecular complexity index is 939. The number of nitrogens with zero attached hydrogens (tertiary/aromatic N) is 2. The standard InChI is InChI=1S/C26H38N4O3.CH4/c1-17(2)13-14-20(31)29-26(15-9-10-16-26)24(33)28-22-23(32)30(6)19-12-8-7-11-18(19)21(27-22)25(3,4)5;/h7-8,11-12,17,22H,9-10,13-16H2,1-6H3,(H,28,33)(H,29,31);1H4. The predicted molar refractivity (Wildman–Crippen MR) is 138 cm³/mol. The van der Waals surface area contributed by atoms with Gasteiger partial charge in [-0.3, -0.25) is 19.4 Å². The summed E-state index contributed by atoms with van der Waals surface area (Å²) in [5.41, 5.74) is 1.10. The van der Waals surface area contributed by atoms with E-state index in [1.807, 2.05) is 45.0 Å². The van der Waals surface area contributed by atoms with E-state index in [0.29, 0.717) is 25.2 Å². The second-order valence-corrected chi connectivity index (χ2v) is 10.8. The van der Waals surface area contributed by atoms with Gasteiger partial charge < -0.3 is 15.5 Å². The summed E-state index contributed by atoms with van der Waals surface area (Å²) in [5.74, 6) is -0.326. The zero-order valence-electron chi connectivity index (χ0n) is 20.8. The third kappa shape index (κ3) is 5.86. The summed E-state index contributed by atoms with van der Waals surface area (Å²) < 4.78 is 0. The van der Waals surface area contributed by atoms with Gasteiger partial charge in [-0.05, 0) is 31.2 Å². The molecule has 1 saturated carbocycles. The highest BCUT2D eigenvalue weighted by atomic mass is 16.2. The van der Waals surface area contributed by atoms with Crippen LogP contribution < -0.4 is 15.5 Å². The lowest BCUT2D eigenvalue weighted by Gasteiger charge is -2.31. The number of carbonyl (C=O) groups is 3. The molecule has 1 fully saturated rings. The van der Waals surface area contributed by atoms with Crippen LogP contribution in [-0.4, -0.2) is 42.2 Å². The number of para-hydroxylation sites is 1. The normalized spacial score (nSPS) is 19.6. The summed E-state index contributed by atoms with van der Waals surface area (Å²) in [7, 11) is 1.71. The van der Waals surface area contributed by atoms with Crippen molar-refractivity contribution in [1.82, 2.24) is 10.6 Å². The maximum absolute atomic E-state index is 13.5. The van der Waals surface area contributed by atoms with E-state index in [0.717, 1.165) is 36.2 Å². The van der Waals surface area contributed by atoms with Crippen LogP contribution in [0.3, 0.4) is 0 Å². The molecule has 7 nitrogen and oxygen atoms in total. The molecule has 3 amide bonds. The lowest BCUT2D eigenvalue weighted by atomic mass is 9.85. The maximum Gasteiger partial charge on any atom is 0.272 e. The van der Waals surface area contributed by atoms with Gasteiger partial charge in [-0.25, -0.2) is 0 Å². The molecule has 0 spiro atoms. The van der Waals surface area contributed by atoms with E-state index < -0.39 is 11.7 Å². The minimum absolute atomic E-state index is 0. The molecule has 2 N–H and O–H groups in total. The average molecular weight is 471 g/mol. The van der Waals surface area contributed by atoms with E-state index in [1.54, 1.807) is 11.9 Å². The molecular weight excluding hydrogens is 428 g/mol. The van der Waals surface area contributed by atoms with Crippen molar-refractivity contribution in [3.63, 3.8) is 0 Å². The smallest absolute Gasteiger partial charge is 0.272 e. The van der Waals surface area contributed by atoms with Gasteiger partial charge in [0.05, 0.1) is 11.4 Å². The van der Waals surface area contributed by atoms with Crippen LogP contribution in [0.25, 0.3) is 0 Å². The molecule has 188 valence electrons. The molecule has 3 rings (SSSR count).